The Balaban J connectivity index is 2.64. The summed E-state index contributed by atoms with van der Waals surface area (Å²) in [6, 6.07) is 1.18. The van der Waals surface area contributed by atoms with Crippen molar-refractivity contribution in [3.63, 3.8) is 0 Å². The number of carbonyl (C=O) groups is 1. The first-order chi connectivity index (χ1) is 7.90. The minimum absolute atomic E-state index is 0.213. The molecule has 3 N–H and O–H groups in total. The van der Waals surface area contributed by atoms with Gasteiger partial charge in [-0.1, -0.05) is 25.4 Å². The quantitative estimate of drug-likeness (QED) is 0.838. The van der Waals surface area contributed by atoms with Crippen LogP contribution < -0.4 is 11.1 Å². The van der Waals surface area contributed by atoms with Crippen LogP contribution in [0, 0.1) is 5.92 Å². The molecule has 0 saturated heterocycles. The van der Waals surface area contributed by atoms with Gasteiger partial charge in [0.15, 0.2) is 0 Å². The highest BCUT2D eigenvalue weighted by Gasteiger charge is 2.15. The average Bonchev–Trinajstić information content (AvgIpc) is 2.22. The van der Waals surface area contributed by atoms with Gasteiger partial charge in [-0.05, 0) is 34.3 Å². The number of nitrogens with two attached hydrogens (primary N) is 1. The maximum absolute atomic E-state index is 11.7. The van der Waals surface area contributed by atoms with Crippen LogP contribution in [0.25, 0.3) is 0 Å². The highest BCUT2D eigenvalue weighted by molar-refractivity contribution is 9.10. The Kier molecular flexibility index (Phi) is 5.36. The Morgan fingerprint density at radius 1 is 1.65 bits per heavy atom. The van der Waals surface area contributed by atoms with E-state index in [0.717, 1.165) is 0 Å². The Bertz CT molecular complexity index is 412. The van der Waals surface area contributed by atoms with E-state index in [0.29, 0.717) is 27.7 Å². The van der Waals surface area contributed by atoms with Gasteiger partial charge in [0.05, 0.1) is 22.4 Å². The molecule has 1 aromatic rings. The van der Waals surface area contributed by atoms with Crippen molar-refractivity contribution in [2.75, 3.05) is 5.32 Å². The molecular formula is C11H15BrClN3O. The molecule has 0 radical (unpaired) electrons. The predicted molar refractivity (Wildman–Crippen MR) is 73.0 cm³/mol. The van der Waals surface area contributed by atoms with E-state index in [4.69, 9.17) is 17.3 Å². The summed E-state index contributed by atoms with van der Waals surface area (Å²) in [5, 5.41) is 3.06. The first-order valence-electron chi connectivity index (χ1n) is 5.27. The normalized spacial score (nSPS) is 12.6. The summed E-state index contributed by atoms with van der Waals surface area (Å²) in [5.41, 5.74) is 6.34. The number of hydrogen-bond donors (Lipinski definition) is 2. The van der Waals surface area contributed by atoms with Crippen molar-refractivity contribution in [1.29, 1.82) is 0 Å². The topological polar surface area (TPSA) is 68.0 Å². The Hall–Kier alpha value is -0.650. The number of hydrogen-bond acceptors (Lipinski definition) is 3. The molecule has 0 spiro atoms. The summed E-state index contributed by atoms with van der Waals surface area (Å²) < 4.78 is 0.634. The number of amides is 1. The number of rotatable bonds is 4. The molecule has 0 aromatic carbocycles. The van der Waals surface area contributed by atoms with Gasteiger partial charge in [-0.25, -0.2) is 4.98 Å². The fourth-order valence-corrected chi connectivity index (χ4v) is 1.79. The third-order valence-electron chi connectivity index (χ3n) is 2.13. The first kappa shape index (κ1) is 14.4. The van der Waals surface area contributed by atoms with Gasteiger partial charge in [-0.3, -0.25) is 4.79 Å². The average molecular weight is 321 g/mol. The molecule has 1 heterocycles. The van der Waals surface area contributed by atoms with Crippen LogP contribution in [0.3, 0.4) is 0 Å². The zero-order valence-corrected chi connectivity index (χ0v) is 12.0. The number of carbonyl (C=O) groups excluding carboxylic acids is 1. The van der Waals surface area contributed by atoms with Gasteiger partial charge in [-0.2, -0.15) is 0 Å². The molecule has 1 atom stereocenters. The lowest BCUT2D eigenvalue weighted by atomic mass is 10.0. The van der Waals surface area contributed by atoms with E-state index < -0.39 is 6.04 Å². The molecule has 1 amide bonds. The minimum Gasteiger partial charge on any atom is -0.323 e. The highest BCUT2D eigenvalue weighted by Crippen LogP contribution is 2.22. The van der Waals surface area contributed by atoms with Gasteiger partial charge >= 0.3 is 0 Å². The zero-order valence-electron chi connectivity index (χ0n) is 9.71. The fraction of sp³-hybridized carbons (Fsp3) is 0.455. The Labute approximate surface area is 114 Å². The third kappa shape index (κ3) is 4.61. The number of halogens is 2. The fourth-order valence-electron chi connectivity index (χ4n) is 1.34. The second kappa shape index (κ2) is 6.33. The SMILES string of the molecule is CC(C)CC(N)C(=O)Nc1cnc(Cl)c(Br)c1. The van der Waals surface area contributed by atoms with Crippen LogP contribution in [0.4, 0.5) is 5.69 Å². The number of pyridine rings is 1. The summed E-state index contributed by atoms with van der Waals surface area (Å²) in [6.45, 7) is 4.04. The lowest BCUT2D eigenvalue weighted by Crippen LogP contribution is -2.36. The van der Waals surface area contributed by atoms with Gasteiger partial charge in [0, 0.05) is 0 Å². The molecular weight excluding hydrogens is 305 g/mol. The summed E-state index contributed by atoms with van der Waals surface area (Å²) in [4.78, 5) is 15.6. The largest absolute Gasteiger partial charge is 0.323 e. The second-order valence-corrected chi connectivity index (χ2v) is 5.43. The van der Waals surface area contributed by atoms with Crippen molar-refractivity contribution in [1.82, 2.24) is 4.98 Å². The first-order valence-corrected chi connectivity index (χ1v) is 6.44. The molecule has 0 aliphatic carbocycles. The van der Waals surface area contributed by atoms with Crippen LogP contribution >= 0.6 is 27.5 Å². The molecule has 0 bridgehead atoms. The van der Waals surface area contributed by atoms with Crippen LogP contribution in [0.15, 0.2) is 16.7 Å². The van der Waals surface area contributed by atoms with Gasteiger partial charge in [0.2, 0.25) is 5.91 Å². The minimum atomic E-state index is -0.510. The summed E-state index contributed by atoms with van der Waals surface area (Å²) in [7, 11) is 0. The van der Waals surface area contributed by atoms with E-state index in [-0.39, 0.29) is 5.91 Å². The number of nitrogens with zero attached hydrogens (tertiary/aromatic N) is 1. The molecule has 6 heteroatoms. The standard InChI is InChI=1S/C11H15BrClN3O/c1-6(2)3-9(14)11(17)16-7-4-8(12)10(13)15-5-7/h4-6,9H,3,14H2,1-2H3,(H,16,17). The van der Waals surface area contributed by atoms with Crippen LogP contribution in [0.2, 0.25) is 5.15 Å². The lowest BCUT2D eigenvalue weighted by molar-refractivity contribution is -0.117. The molecule has 4 nitrogen and oxygen atoms in total. The van der Waals surface area contributed by atoms with Gasteiger partial charge in [-0.15, -0.1) is 0 Å². The lowest BCUT2D eigenvalue weighted by Gasteiger charge is -2.14. The van der Waals surface area contributed by atoms with Crippen molar-refractivity contribution in [2.45, 2.75) is 26.3 Å². The van der Waals surface area contributed by atoms with E-state index in [1.807, 2.05) is 13.8 Å². The van der Waals surface area contributed by atoms with E-state index in [1.165, 1.54) is 6.20 Å². The van der Waals surface area contributed by atoms with Crippen LogP contribution in [0.5, 0.6) is 0 Å². The van der Waals surface area contributed by atoms with Crippen molar-refractivity contribution >= 4 is 39.1 Å². The van der Waals surface area contributed by atoms with E-state index in [1.54, 1.807) is 6.07 Å². The second-order valence-electron chi connectivity index (χ2n) is 4.22. The zero-order chi connectivity index (χ0) is 13.0. The molecule has 0 aliphatic rings. The molecule has 94 valence electrons. The predicted octanol–water partition coefficient (Wildman–Crippen LogP) is 2.81. The molecule has 1 aromatic heterocycles. The molecule has 17 heavy (non-hydrogen) atoms. The molecule has 0 aliphatic heterocycles. The van der Waals surface area contributed by atoms with Gasteiger partial charge < -0.3 is 11.1 Å². The van der Waals surface area contributed by atoms with Crippen LogP contribution in [0.1, 0.15) is 20.3 Å². The van der Waals surface area contributed by atoms with E-state index in [2.05, 4.69) is 26.2 Å². The third-order valence-corrected chi connectivity index (χ3v) is 3.26. The Morgan fingerprint density at radius 3 is 2.82 bits per heavy atom. The number of aromatic nitrogens is 1. The summed E-state index contributed by atoms with van der Waals surface area (Å²) in [6.07, 6.45) is 2.14. The van der Waals surface area contributed by atoms with E-state index in [9.17, 15) is 4.79 Å². The Morgan fingerprint density at radius 2 is 2.29 bits per heavy atom. The van der Waals surface area contributed by atoms with Gasteiger partial charge in [0.1, 0.15) is 5.15 Å². The maximum Gasteiger partial charge on any atom is 0.241 e. The summed E-state index contributed by atoms with van der Waals surface area (Å²) in [5.74, 6) is 0.167. The maximum atomic E-state index is 11.7. The molecule has 0 saturated carbocycles. The molecule has 1 rings (SSSR count). The van der Waals surface area contributed by atoms with Crippen molar-refractivity contribution < 1.29 is 4.79 Å². The molecule has 1 unspecified atom stereocenters. The smallest absolute Gasteiger partial charge is 0.241 e. The van der Waals surface area contributed by atoms with Gasteiger partial charge in [0.25, 0.3) is 0 Å². The van der Waals surface area contributed by atoms with Crippen molar-refractivity contribution in [2.24, 2.45) is 11.7 Å². The molecule has 0 fully saturated rings. The number of anilines is 1. The monoisotopic (exact) mass is 319 g/mol. The van der Waals surface area contributed by atoms with Crippen molar-refractivity contribution in [3.05, 3.63) is 21.9 Å². The van der Waals surface area contributed by atoms with E-state index >= 15 is 0 Å². The number of nitrogens with one attached hydrogen (secondary N) is 1. The summed E-state index contributed by atoms with van der Waals surface area (Å²) >= 11 is 8.99. The van der Waals surface area contributed by atoms with Crippen LogP contribution in [-0.4, -0.2) is 16.9 Å². The van der Waals surface area contributed by atoms with Crippen LogP contribution in [-0.2, 0) is 4.79 Å². The highest BCUT2D eigenvalue weighted by atomic mass is 79.9. The van der Waals surface area contributed by atoms with Crippen molar-refractivity contribution in [3.8, 4) is 0 Å².